The molecule has 1 N–H and O–H groups in total. The quantitative estimate of drug-likeness (QED) is 0.881. The second-order valence-electron chi connectivity index (χ2n) is 6.30. The third-order valence-electron chi connectivity index (χ3n) is 4.54. The lowest BCUT2D eigenvalue weighted by Gasteiger charge is -2.47. The zero-order chi connectivity index (χ0) is 13.4. The van der Waals surface area contributed by atoms with Gasteiger partial charge in [0.2, 0.25) is 0 Å². The number of hydrogen-bond acceptors (Lipinski definition) is 2. The first kappa shape index (κ1) is 13.1. The minimum absolute atomic E-state index is 0.106. The van der Waals surface area contributed by atoms with Crippen LogP contribution in [0.3, 0.4) is 0 Å². The molecule has 19 heavy (non-hydrogen) atoms. The first-order chi connectivity index (χ1) is 9.11. The van der Waals surface area contributed by atoms with Crippen molar-refractivity contribution in [2.45, 2.75) is 50.7 Å². The summed E-state index contributed by atoms with van der Waals surface area (Å²) < 4.78 is 13.2. The number of nitrogens with zero attached hydrogens (tertiary/aromatic N) is 1. The minimum Gasteiger partial charge on any atom is -0.309 e. The summed E-state index contributed by atoms with van der Waals surface area (Å²) in [5.74, 6) is 0.451. The maximum atomic E-state index is 13.2. The van der Waals surface area contributed by atoms with Crippen LogP contribution in [0.5, 0.6) is 0 Å². The average Bonchev–Trinajstić information content (AvgIpc) is 2.25. The lowest BCUT2D eigenvalue weighted by Crippen LogP contribution is -2.59. The molecule has 3 heteroatoms. The fourth-order valence-electron chi connectivity index (χ4n) is 3.59. The third-order valence-corrected chi connectivity index (χ3v) is 4.54. The van der Waals surface area contributed by atoms with Crippen molar-refractivity contribution in [3.05, 3.63) is 35.6 Å². The van der Waals surface area contributed by atoms with Gasteiger partial charge >= 0.3 is 0 Å². The van der Waals surface area contributed by atoms with Crippen molar-refractivity contribution in [3.8, 4) is 0 Å². The number of halogens is 1. The molecule has 0 amide bonds. The molecule has 1 aliphatic carbocycles. The van der Waals surface area contributed by atoms with Gasteiger partial charge in [-0.05, 0) is 50.3 Å². The summed E-state index contributed by atoms with van der Waals surface area (Å²) in [6.45, 7) is 6.80. The number of rotatable bonds is 2. The molecule has 0 spiro atoms. The van der Waals surface area contributed by atoms with E-state index in [4.69, 9.17) is 0 Å². The standard InChI is InChI=1S/C16H23FN2/c1-11-9-19(10-12(2)18-11)16-7-14(8-16)13-4-3-5-15(17)6-13/h3-6,11-12,14,16,18H,7-10H2,1-2H3/t11-,12-,14?,16?/m0/s1. The van der Waals surface area contributed by atoms with E-state index in [1.165, 1.54) is 24.5 Å². The van der Waals surface area contributed by atoms with E-state index in [2.05, 4.69) is 30.1 Å². The fourth-order valence-corrected chi connectivity index (χ4v) is 3.59. The molecule has 2 nitrogen and oxygen atoms in total. The smallest absolute Gasteiger partial charge is 0.123 e. The largest absolute Gasteiger partial charge is 0.309 e. The Morgan fingerprint density at radius 3 is 2.47 bits per heavy atom. The summed E-state index contributed by atoms with van der Waals surface area (Å²) in [5.41, 5.74) is 1.17. The molecule has 1 saturated heterocycles. The van der Waals surface area contributed by atoms with Crippen molar-refractivity contribution in [2.24, 2.45) is 0 Å². The van der Waals surface area contributed by atoms with Crippen molar-refractivity contribution in [3.63, 3.8) is 0 Å². The summed E-state index contributed by atoms with van der Waals surface area (Å²) in [4.78, 5) is 2.61. The zero-order valence-corrected chi connectivity index (χ0v) is 11.8. The SMILES string of the molecule is C[C@H]1CN(C2CC(c3cccc(F)c3)C2)C[C@H](C)N1. The van der Waals surface area contributed by atoms with Crippen LogP contribution in [0.4, 0.5) is 4.39 Å². The highest BCUT2D eigenvalue weighted by atomic mass is 19.1. The lowest BCUT2D eigenvalue weighted by atomic mass is 9.74. The van der Waals surface area contributed by atoms with Gasteiger partial charge in [0.05, 0.1) is 0 Å². The Bertz CT molecular complexity index is 432. The van der Waals surface area contributed by atoms with Gasteiger partial charge in [0.15, 0.2) is 0 Å². The third kappa shape index (κ3) is 2.82. The van der Waals surface area contributed by atoms with Gasteiger partial charge in [0.1, 0.15) is 5.82 Å². The molecule has 2 aliphatic rings. The molecule has 0 aromatic heterocycles. The first-order valence-corrected chi connectivity index (χ1v) is 7.37. The van der Waals surface area contributed by atoms with Crippen molar-refractivity contribution in [1.29, 1.82) is 0 Å². The molecule has 0 bridgehead atoms. The Labute approximate surface area is 115 Å². The van der Waals surface area contributed by atoms with E-state index < -0.39 is 0 Å². The second kappa shape index (κ2) is 5.22. The van der Waals surface area contributed by atoms with Gasteiger partial charge in [-0.3, -0.25) is 4.90 Å². The topological polar surface area (TPSA) is 15.3 Å². The van der Waals surface area contributed by atoms with Crippen LogP contribution in [0.25, 0.3) is 0 Å². The summed E-state index contributed by atoms with van der Waals surface area (Å²) in [6.07, 6.45) is 2.37. The molecular formula is C16H23FN2. The molecule has 1 aliphatic heterocycles. The Morgan fingerprint density at radius 1 is 1.16 bits per heavy atom. The van der Waals surface area contributed by atoms with Crippen molar-refractivity contribution in [1.82, 2.24) is 10.2 Å². The van der Waals surface area contributed by atoms with Gasteiger partial charge in [-0.15, -0.1) is 0 Å². The molecule has 1 heterocycles. The molecule has 1 aromatic carbocycles. The van der Waals surface area contributed by atoms with Crippen LogP contribution in [-0.2, 0) is 0 Å². The van der Waals surface area contributed by atoms with Crippen LogP contribution >= 0.6 is 0 Å². The van der Waals surface area contributed by atoms with E-state index in [0.29, 0.717) is 24.0 Å². The highest BCUT2D eigenvalue weighted by molar-refractivity contribution is 5.24. The fraction of sp³-hybridized carbons (Fsp3) is 0.625. The van der Waals surface area contributed by atoms with Crippen LogP contribution < -0.4 is 5.32 Å². The number of hydrogen-bond donors (Lipinski definition) is 1. The first-order valence-electron chi connectivity index (χ1n) is 7.37. The van der Waals surface area contributed by atoms with Gasteiger partial charge in [0.25, 0.3) is 0 Å². The number of piperazine rings is 1. The second-order valence-corrected chi connectivity index (χ2v) is 6.30. The van der Waals surface area contributed by atoms with E-state index >= 15 is 0 Å². The predicted molar refractivity (Wildman–Crippen MR) is 75.8 cm³/mol. The highest BCUT2D eigenvalue weighted by Gasteiger charge is 2.36. The molecule has 0 radical (unpaired) electrons. The van der Waals surface area contributed by atoms with Crippen LogP contribution in [-0.4, -0.2) is 36.1 Å². The molecule has 0 unspecified atom stereocenters. The van der Waals surface area contributed by atoms with Gasteiger partial charge in [-0.25, -0.2) is 4.39 Å². The van der Waals surface area contributed by atoms with Crippen LogP contribution in [0.1, 0.15) is 38.2 Å². The summed E-state index contributed by atoms with van der Waals surface area (Å²) in [7, 11) is 0. The van der Waals surface area contributed by atoms with E-state index in [9.17, 15) is 4.39 Å². The molecule has 3 rings (SSSR count). The molecule has 1 saturated carbocycles. The van der Waals surface area contributed by atoms with Gasteiger partial charge in [-0.1, -0.05) is 12.1 Å². The monoisotopic (exact) mass is 262 g/mol. The van der Waals surface area contributed by atoms with Gasteiger partial charge in [0, 0.05) is 31.2 Å². The summed E-state index contributed by atoms with van der Waals surface area (Å²) in [6, 6.07) is 8.97. The zero-order valence-electron chi connectivity index (χ0n) is 11.8. The van der Waals surface area contributed by atoms with Crippen molar-refractivity contribution >= 4 is 0 Å². The summed E-state index contributed by atoms with van der Waals surface area (Å²) in [5, 5.41) is 3.57. The normalized spacial score (nSPS) is 35.9. The predicted octanol–water partition coefficient (Wildman–Crippen LogP) is 2.75. The van der Waals surface area contributed by atoms with E-state index in [1.54, 1.807) is 6.07 Å². The Kier molecular flexibility index (Phi) is 3.59. The van der Waals surface area contributed by atoms with E-state index in [0.717, 1.165) is 13.1 Å². The Morgan fingerprint density at radius 2 is 1.84 bits per heavy atom. The maximum Gasteiger partial charge on any atom is 0.123 e. The van der Waals surface area contributed by atoms with Gasteiger partial charge in [-0.2, -0.15) is 0 Å². The number of benzene rings is 1. The minimum atomic E-state index is -0.106. The van der Waals surface area contributed by atoms with Crippen LogP contribution in [0, 0.1) is 5.82 Å². The molecule has 1 aromatic rings. The maximum absolute atomic E-state index is 13.2. The Hall–Kier alpha value is -0.930. The van der Waals surface area contributed by atoms with Crippen molar-refractivity contribution in [2.75, 3.05) is 13.1 Å². The molecule has 2 atom stereocenters. The van der Waals surface area contributed by atoms with E-state index in [-0.39, 0.29) is 5.82 Å². The molecule has 104 valence electrons. The average molecular weight is 262 g/mol. The highest BCUT2D eigenvalue weighted by Crippen LogP contribution is 2.40. The molecule has 2 fully saturated rings. The molecular weight excluding hydrogens is 239 g/mol. The number of nitrogens with one attached hydrogen (secondary N) is 1. The van der Waals surface area contributed by atoms with Crippen LogP contribution in [0.2, 0.25) is 0 Å². The van der Waals surface area contributed by atoms with Gasteiger partial charge < -0.3 is 5.32 Å². The van der Waals surface area contributed by atoms with Crippen LogP contribution in [0.15, 0.2) is 24.3 Å². The van der Waals surface area contributed by atoms with Crippen molar-refractivity contribution < 1.29 is 4.39 Å². The lowest BCUT2D eigenvalue weighted by molar-refractivity contribution is 0.0646. The summed E-state index contributed by atoms with van der Waals surface area (Å²) >= 11 is 0. The van der Waals surface area contributed by atoms with E-state index in [1.807, 2.05) is 6.07 Å². The Balaban J connectivity index is 1.58.